The van der Waals surface area contributed by atoms with Gasteiger partial charge in [0.25, 0.3) is 0 Å². The minimum atomic E-state index is -0.555. The molecule has 0 spiro atoms. The maximum Gasteiger partial charge on any atom is 0.240 e. The lowest BCUT2D eigenvalue weighted by molar-refractivity contribution is -0.122. The zero-order valence-electron chi connectivity index (χ0n) is 11.1. The Balaban J connectivity index is 1.93. The fourth-order valence-electron chi connectivity index (χ4n) is 1.69. The molecule has 1 fully saturated rings. The lowest BCUT2D eigenvalue weighted by Crippen LogP contribution is -2.28. The second-order valence-corrected chi connectivity index (χ2v) is 5.45. The highest BCUT2D eigenvalue weighted by Gasteiger charge is 2.31. The zero-order valence-corrected chi connectivity index (χ0v) is 12.0. The summed E-state index contributed by atoms with van der Waals surface area (Å²) in [5.74, 6) is -1.20. The van der Waals surface area contributed by atoms with Gasteiger partial charge in [-0.25, -0.2) is 4.39 Å². The van der Waals surface area contributed by atoms with Crippen molar-refractivity contribution in [2.45, 2.75) is 11.7 Å². The number of hydrogen-bond acceptors (Lipinski definition) is 4. The number of carbonyl (C=O) groups is 2. The van der Waals surface area contributed by atoms with Gasteiger partial charge in [0.2, 0.25) is 11.8 Å². The molecule has 7 heteroatoms. The number of anilines is 1. The number of hydrogen-bond donors (Lipinski definition) is 2. The molecule has 1 saturated heterocycles. The van der Waals surface area contributed by atoms with Crippen molar-refractivity contribution in [1.82, 2.24) is 5.32 Å². The molecule has 1 heterocycles. The molecule has 5 nitrogen and oxygen atoms in total. The van der Waals surface area contributed by atoms with Crippen LogP contribution in [0.5, 0.6) is 0 Å². The normalized spacial score (nSPS) is 19.4. The third kappa shape index (κ3) is 4.16. The first-order chi connectivity index (χ1) is 10.1. The van der Waals surface area contributed by atoms with Crippen LogP contribution in [0.1, 0.15) is 6.42 Å². The van der Waals surface area contributed by atoms with Crippen LogP contribution in [0.2, 0.25) is 0 Å². The molecule has 2 N–H and O–H groups in total. The van der Waals surface area contributed by atoms with Gasteiger partial charge in [-0.3, -0.25) is 14.6 Å². The maximum atomic E-state index is 13.4. The summed E-state index contributed by atoms with van der Waals surface area (Å²) < 4.78 is 13.4. The van der Waals surface area contributed by atoms with Crippen molar-refractivity contribution in [3.8, 4) is 0 Å². The second kappa shape index (κ2) is 7.03. The van der Waals surface area contributed by atoms with Crippen LogP contribution in [-0.2, 0) is 9.59 Å². The van der Waals surface area contributed by atoms with Gasteiger partial charge in [0.05, 0.1) is 12.2 Å². The Morgan fingerprint density at radius 3 is 3.00 bits per heavy atom. The summed E-state index contributed by atoms with van der Waals surface area (Å²) in [4.78, 5) is 27.7. The van der Waals surface area contributed by atoms with Crippen molar-refractivity contribution in [3.63, 3.8) is 0 Å². The van der Waals surface area contributed by atoms with Crippen molar-refractivity contribution in [1.29, 1.82) is 0 Å². The molecule has 1 aliphatic heterocycles. The molecule has 1 aliphatic rings. The van der Waals surface area contributed by atoms with E-state index >= 15 is 0 Å². The first-order valence-electron chi connectivity index (χ1n) is 6.27. The Kier molecular flexibility index (Phi) is 5.10. The first kappa shape index (κ1) is 15.2. The highest BCUT2D eigenvalue weighted by Crippen LogP contribution is 2.23. The number of rotatable bonds is 5. The predicted molar refractivity (Wildman–Crippen MR) is 81.7 cm³/mol. The predicted octanol–water partition coefficient (Wildman–Crippen LogP) is 1.93. The highest BCUT2D eigenvalue weighted by molar-refractivity contribution is 8.15. The topological polar surface area (TPSA) is 70.6 Å². The van der Waals surface area contributed by atoms with Crippen LogP contribution in [0.25, 0.3) is 0 Å². The van der Waals surface area contributed by atoms with E-state index in [0.29, 0.717) is 11.7 Å². The molecule has 0 bridgehead atoms. The lowest BCUT2D eigenvalue weighted by atomic mass is 10.2. The number of aliphatic imine (C=N–C) groups is 1. The quantitative estimate of drug-likeness (QED) is 0.817. The molecule has 1 atom stereocenters. The van der Waals surface area contributed by atoms with Crippen molar-refractivity contribution < 1.29 is 14.0 Å². The summed E-state index contributed by atoms with van der Waals surface area (Å²) in [5, 5.41) is 4.96. The number of amidine groups is 1. The molecule has 21 heavy (non-hydrogen) atoms. The standard InChI is InChI=1S/C14H14FN3O2S/c1-2-7-16-14-18-13(20)11(21-14)8-12(19)17-10-6-4-3-5-9(10)15/h2-6,11H,1,7-8H2,(H,17,19)(H,16,18,20). The van der Waals surface area contributed by atoms with Gasteiger partial charge in [-0.15, -0.1) is 6.58 Å². The minimum absolute atomic E-state index is 0.0437. The Morgan fingerprint density at radius 1 is 1.52 bits per heavy atom. The molecule has 2 rings (SSSR count). The van der Waals surface area contributed by atoms with E-state index in [1.54, 1.807) is 12.1 Å². The molecule has 1 unspecified atom stereocenters. The number of nitrogens with one attached hydrogen (secondary N) is 2. The number of benzene rings is 1. The number of thioether (sulfide) groups is 1. The lowest BCUT2D eigenvalue weighted by Gasteiger charge is -2.07. The van der Waals surface area contributed by atoms with Crippen molar-refractivity contribution in [2.75, 3.05) is 11.9 Å². The number of para-hydroxylation sites is 1. The third-order valence-electron chi connectivity index (χ3n) is 2.66. The average molecular weight is 307 g/mol. The van der Waals surface area contributed by atoms with Gasteiger partial charge in [-0.1, -0.05) is 30.0 Å². The van der Waals surface area contributed by atoms with Gasteiger partial charge >= 0.3 is 0 Å². The van der Waals surface area contributed by atoms with Gasteiger partial charge in [-0.2, -0.15) is 0 Å². The molecule has 0 aromatic heterocycles. The number of halogens is 1. The van der Waals surface area contributed by atoms with Crippen molar-refractivity contribution in [3.05, 3.63) is 42.7 Å². The molecular formula is C14H14FN3O2S. The van der Waals surface area contributed by atoms with E-state index < -0.39 is 17.0 Å². The van der Waals surface area contributed by atoms with Gasteiger partial charge in [0.15, 0.2) is 5.17 Å². The van der Waals surface area contributed by atoms with Gasteiger partial charge < -0.3 is 10.6 Å². The van der Waals surface area contributed by atoms with E-state index in [1.165, 1.54) is 30.0 Å². The van der Waals surface area contributed by atoms with Crippen LogP contribution in [0, 0.1) is 5.82 Å². The number of nitrogens with zero attached hydrogens (tertiary/aromatic N) is 1. The molecule has 0 aliphatic carbocycles. The summed E-state index contributed by atoms with van der Waals surface area (Å²) in [5.41, 5.74) is 0.103. The fraction of sp³-hybridized carbons (Fsp3) is 0.214. The first-order valence-corrected chi connectivity index (χ1v) is 7.15. The Labute approximate surface area is 125 Å². The van der Waals surface area contributed by atoms with E-state index in [9.17, 15) is 14.0 Å². The van der Waals surface area contributed by atoms with Crippen molar-refractivity contribution in [2.24, 2.45) is 4.99 Å². The summed E-state index contributed by atoms with van der Waals surface area (Å²) in [6.45, 7) is 3.93. The van der Waals surface area contributed by atoms with Gasteiger partial charge in [-0.05, 0) is 12.1 Å². The maximum absolute atomic E-state index is 13.4. The molecule has 1 aromatic carbocycles. The number of carbonyl (C=O) groups excluding carboxylic acids is 2. The van der Waals surface area contributed by atoms with Crippen LogP contribution in [0.15, 0.2) is 41.9 Å². The largest absolute Gasteiger partial charge is 0.324 e. The van der Waals surface area contributed by atoms with E-state index in [4.69, 9.17) is 0 Å². The van der Waals surface area contributed by atoms with E-state index in [-0.39, 0.29) is 18.0 Å². The smallest absolute Gasteiger partial charge is 0.240 e. The van der Waals surface area contributed by atoms with Gasteiger partial charge in [0.1, 0.15) is 11.1 Å². The van der Waals surface area contributed by atoms with Crippen LogP contribution in [0.3, 0.4) is 0 Å². The van der Waals surface area contributed by atoms with E-state index in [1.807, 2.05) is 0 Å². The Hall–Kier alpha value is -2.15. The summed E-state index contributed by atoms with van der Waals surface area (Å²) in [7, 11) is 0. The second-order valence-electron chi connectivity index (χ2n) is 4.26. The number of amides is 2. The third-order valence-corrected chi connectivity index (χ3v) is 3.78. The zero-order chi connectivity index (χ0) is 15.2. The molecule has 110 valence electrons. The summed E-state index contributed by atoms with van der Waals surface area (Å²) in [6, 6.07) is 5.88. The fourth-order valence-corrected chi connectivity index (χ4v) is 2.67. The van der Waals surface area contributed by atoms with E-state index in [0.717, 1.165) is 0 Å². The van der Waals surface area contributed by atoms with Crippen LogP contribution >= 0.6 is 11.8 Å². The highest BCUT2D eigenvalue weighted by atomic mass is 32.2. The summed E-state index contributed by atoms with van der Waals surface area (Å²) >= 11 is 1.19. The minimum Gasteiger partial charge on any atom is -0.324 e. The molecule has 0 radical (unpaired) electrons. The van der Waals surface area contributed by atoms with Crippen LogP contribution in [-0.4, -0.2) is 28.8 Å². The van der Waals surface area contributed by atoms with Gasteiger partial charge in [0, 0.05) is 6.42 Å². The molecule has 0 saturated carbocycles. The van der Waals surface area contributed by atoms with Crippen LogP contribution in [0.4, 0.5) is 10.1 Å². The van der Waals surface area contributed by atoms with Crippen molar-refractivity contribution >= 4 is 34.4 Å². The monoisotopic (exact) mass is 307 g/mol. The van der Waals surface area contributed by atoms with Crippen LogP contribution < -0.4 is 10.6 Å². The molecule has 2 amide bonds. The molecular weight excluding hydrogens is 293 g/mol. The SMILES string of the molecule is C=CCN=C1NC(=O)C(CC(=O)Nc2ccccc2F)S1. The van der Waals surface area contributed by atoms with E-state index in [2.05, 4.69) is 22.2 Å². The average Bonchev–Trinajstić information content (AvgIpc) is 2.79. The molecule has 1 aromatic rings. The summed E-state index contributed by atoms with van der Waals surface area (Å²) in [6.07, 6.45) is 1.57. The Morgan fingerprint density at radius 2 is 2.29 bits per heavy atom. The Bertz CT molecular complexity index is 604.